The Morgan fingerprint density at radius 2 is 2.07 bits per heavy atom. The number of likely N-dealkylation sites (N-methyl/N-ethyl adjacent to an activating group) is 1. The molecule has 0 aliphatic carbocycles. The predicted molar refractivity (Wildman–Crippen MR) is 102 cm³/mol. The lowest BCUT2D eigenvalue weighted by atomic mass is 10.2. The number of aliphatic hydroxyl groups is 1. The van der Waals surface area contributed by atoms with Gasteiger partial charge in [0, 0.05) is 19.7 Å². The number of rotatable bonds is 5. The number of aromatic nitrogens is 5. The molecule has 9 heteroatoms. The quantitative estimate of drug-likeness (QED) is 0.636. The van der Waals surface area contributed by atoms with E-state index in [4.69, 9.17) is 0 Å². The van der Waals surface area contributed by atoms with Crippen LogP contribution >= 0.6 is 0 Å². The van der Waals surface area contributed by atoms with Gasteiger partial charge in [0.25, 0.3) is 0 Å². The summed E-state index contributed by atoms with van der Waals surface area (Å²) in [6.07, 6.45) is 0.956. The molecule has 1 aliphatic rings. The summed E-state index contributed by atoms with van der Waals surface area (Å²) >= 11 is 0. The maximum absolute atomic E-state index is 12.8. The van der Waals surface area contributed by atoms with Crippen molar-refractivity contribution in [3.8, 4) is 0 Å². The SMILES string of the molecule is Cc1cc2n(n1)CC[C@H](NC(O)c1ncn(Cc3ccccc3)n1)C(=O)N2C. The topological polar surface area (TPSA) is 101 Å². The van der Waals surface area contributed by atoms with Gasteiger partial charge in [-0.05, 0) is 18.9 Å². The zero-order valence-electron chi connectivity index (χ0n) is 15.9. The van der Waals surface area contributed by atoms with E-state index in [0.29, 0.717) is 19.5 Å². The Kier molecular flexibility index (Phi) is 4.93. The number of aryl methyl sites for hydroxylation is 2. The fourth-order valence-corrected chi connectivity index (χ4v) is 3.39. The van der Waals surface area contributed by atoms with Crippen molar-refractivity contribution in [1.82, 2.24) is 29.9 Å². The van der Waals surface area contributed by atoms with Crippen LogP contribution in [0.4, 0.5) is 5.82 Å². The van der Waals surface area contributed by atoms with E-state index in [1.165, 1.54) is 0 Å². The Hall–Kier alpha value is -3.04. The van der Waals surface area contributed by atoms with Crippen molar-refractivity contribution < 1.29 is 9.90 Å². The summed E-state index contributed by atoms with van der Waals surface area (Å²) in [5, 5.41) is 22.2. The molecule has 28 heavy (non-hydrogen) atoms. The fourth-order valence-electron chi connectivity index (χ4n) is 3.39. The van der Waals surface area contributed by atoms with Crippen molar-refractivity contribution in [3.63, 3.8) is 0 Å². The summed E-state index contributed by atoms with van der Waals surface area (Å²) in [4.78, 5) is 18.5. The van der Waals surface area contributed by atoms with Crippen LogP contribution < -0.4 is 10.2 Å². The average molecular weight is 381 g/mol. The van der Waals surface area contributed by atoms with E-state index in [-0.39, 0.29) is 11.7 Å². The van der Waals surface area contributed by atoms with Crippen molar-refractivity contribution in [3.05, 3.63) is 59.8 Å². The number of hydrogen-bond donors (Lipinski definition) is 2. The van der Waals surface area contributed by atoms with Gasteiger partial charge < -0.3 is 5.11 Å². The first-order valence-electron chi connectivity index (χ1n) is 9.20. The minimum Gasteiger partial charge on any atom is -0.371 e. The summed E-state index contributed by atoms with van der Waals surface area (Å²) in [6.45, 7) is 3.04. The lowest BCUT2D eigenvalue weighted by Gasteiger charge is -2.22. The van der Waals surface area contributed by atoms with Crippen molar-refractivity contribution in [2.75, 3.05) is 11.9 Å². The third-order valence-corrected chi connectivity index (χ3v) is 4.83. The van der Waals surface area contributed by atoms with Crippen LogP contribution in [0.5, 0.6) is 0 Å². The highest BCUT2D eigenvalue weighted by Crippen LogP contribution is 2.21. The summed E-state index contributed by atoms with van der Waals surface area (Å²) in [5.41, 5.74) is 1.96. The van der Waals surface area contributed by atoms with Gasteiger partial charge in [-0.1, -0.05) is 30.3 Å². The maximum atomic E-state index is 12.8. The van der Waals surface area contributed by atoms with Crippen molar-refractivity contribution in [2.45, 2.75) is 38.7 Å². The Morgan fingerprint density at radius 3 is 2.86 bits per heavy atom. The van der Waals surface area contributed by atoms with Gasteiger partial charge in [0.1, 0.15) is 12.1 Å². The van der Waals surface area contributed by atoms with Crippen LogP contribution in [0.15, 0.2) is 42.7 Å². The van der Waals surface area contributed by atoms with Gasteiger partial charge in [0.15, 0.2) is 12.1 Å². The van der Waals surface area contributed by atoms with Crippen LogP contribution in [0.1, 0.15) is 29.7 Å². The van der Waals surface area contributed by atoms with E-state index in [9.17, 15) is 9.90 Å². The molecule has 1 amide bonds. The third kappa shape index (κ3) is 3.67. The number of anilines is 1. The molecule has 1 unspecified atom stereocenters. The van der Waals surface area contributed by atoms with Crippen molar-refractivity contribution in [1.29, 1.82) is 0 Å². The predicted octanol–water partition coefficient (Wildman–Crippen LogP) is 0.847. The van der Waals surface area contributed by atoms with E-state index >= 15 is 0 Å². The van der Waals surface area contributed by atoms with Crippen molar-refractivity contribution in [2.24, 2.45) is 0 Å². The Balaban J connectivity index is 1.43. The number of aliphatic hydroxyl groups excluding tert-OH is 1. The fraction of sp³-hybridized carbons (Fsp3) is 0.368. The molecule has 9 nitrogen and oxygen atoms in total. The molecular formula is C19H23N7O2. The molecule has 0 bridgehead atoms. The smallest absolute Gasteiger partial charge is 0.245 e. The standard InChI is InChI=1S/C19H23N7O2/c1-13-10-16-24(2)19(28)15(8-9-26(16)22-13)21-18(27)17-20-12-25(23-17)11-14-6-4-3-5-7-14/h3-7,10,12,15,18,21,27H,8-9,11H2,1-2H3/t15-,18?/m0/s1. The van der Waals surface area contributed by atoms with Crippen LogP contribution in [0.3, 0.4) is 0 Å². The number of amides is 1. The first kappa shape index (κ1) is 18.3. The van der Waals surface area contributed by atoms with Crippen LogP contribution in [0.25, 0.3) is 0 Å². The number of carbonyl (C=O) groups is 1. The van der Waals surface area contributed by atoms with E-state index < -0.39 is 12.3 Å². The number of carbonyl (C=O) groups excluding carboxylic acids is 1. The number of nitrogens with zero attached hydrogens (tertiary/aromatic N) is 6. The summed E-state index contributed by atoms with van der Waals surface area (Å²) < 4.78 is 3.48. The van der Waals surface area contributed by atoms with Gasteiger partial charge >= 0.3 is 0 Å². The lowest BCUT2D eigenvalue weighted by molar-refractivity contribution is -0.121. The van der Waals surface area contributed by atoms with Gasteiger partial charge in [-0.25, -0.2) is 14.3 Å². The van der Waals surface area contributed by atoms with E-state index in [2.05, 4.69) is 20.5 Å². The monoisotopic (exact) mass is 381 g/mol. The molecule has 1 aromatic carbocycles. The minimum absolute atomic E-state index is 0.124. The highest BCUT2D eigenvalue weighted by molar-refractivity contribution is 5.96. The molecule has 3 aromatic rings. The normalized spacial score (nSPS) is 18.0. The molecule has 0 radical (unpaired) electrons. The Labute approximate surface area is 162 Å². The zero-order valence-corrected chi connectivity index (χ0v) is 15.9. The molecule has 0 spiro atoms. The molecule has 0 saturated carbocycles. The summed E-state index contributed by atoms with van der Waals surface area (Å²) in [6, 6.07) is 11.2. The zero-order chi connectivity index (χ0) is 19.7. The number of nitrogens with one attached hydrogen (secondary N) is 1. The maximum Gasteiger partial charge on any atom is 0.245 e. The van der Waals surface area contributed by atoms with Gasteiger partial charge in [-0.3, -0.25) is 15.0 Å². The molecule has 1 aliphatic heterocycles. The van der Waals surface area contributed by atoms with Gasteiger partial charge in [-0.15, -0.1) is 0 Å². The molecule has 2 aromatic heterocycles. The van der Waals surface area contributed by atoms with Crippen LogP contribution in [0, 0.1) is 6.92 Å². The second-order valence-electron chi connectivity index (χ2n) is 6.96. The first-order chi connectivity index (χ1) is 13.5. The van der Waals surface area contributed by atoms with Crippen LogP contribution in [0.2, 0.25) is 0 Å². The first-order valence-corrected chi connectivity index (χ1v) is 9.20. The number of fused-ring (bicyclic) bond motifs is 1. The minimum atomic E-state index is -1.13. The molecular weight excluding hydrogens is 358 g/mol. The van der Waals surface area contributed by atoms with Crippen LogP contribution in [-0.4, -0.2) is 48.6 Å². The highest BCUT2D eigenvalue weighted by Gasteiger charge is 2.31. The molecule has 146 valence electrons. The molecule has 0 saturated heterocycles. The molecule has 0 fully saturated rings. The second kappa shape index (κ2) is 7.53. The molecule has 3 heterocycles. The average Bonchev–Trinajstić information content (AvgIpc) is 3.28. The molecule has 4 rings (SSSR count). The lowest BCUT2D eigenvalue weighted by Crippen LogP contribution is -2.45. The summed E-state index contributed by atoms with van der Waals surface area (Å²) in [7, 11) is 1.72. The van der Waals surface area contributed by atoms with E-state index in [0.717, 1.165) is 17.1 Å². The molecule has 2 N–H and O–H groups in total. The second-order valence-corrected chi connectivity index (χ2v) is 6.96. The van der Waals surface area contributed by atoms with Crippen LogP contribution in [-0.2, 0) is 17.9 Å². The van der Waals surface area contributed by atoms with E-state index in [1.54, 1.807) is 23.0 Å². The third-order valence-electron chi connectivity index (χ3n) is 4.83. The Morgan fingerprint density at radius 1 is 1.29 bits per heavy atom. The largest absolute Gasteiger partial charge is 0.371 e. The van der Waals surface area contributed by atoms with E-state index in [1.807, 2.05) is 48.0 Å². The molecule has 2 atom stereocenters. The number of benzene rings is 1. The Bertz CT molecular complexity index is 966. The van der Waals surface area contributed by atoms with Gasteiger partial charge in [-0.2, -0.15) is 10.2 Å². The van der Waals surface area contributed by atoms with Crippen molar-refractivity contribution >= 4 is 11.7 Å². The van der Waals surface area contributed by atoms with Gasteiger partial charge in [0.2, 0.25) is 5.91 Å². The number of hydrogen-bond acceptors (Lipinski definition) is 6. The van der Waals surface area contributed by atoms with Gasteiger partial charge in [0.05, 0.1) is 18.3 Å². The highest BCUT2D eigenvalue weighted by atomic mass is 16.3. The summed E-state index contributed by atoms with van der Waals surface area (Å²) in [5.74, 6) is 0.872.